The highest BCUT2D eigenvalue weighted by Crippen LogP contribution is 2.16. The van der Waals surface area contributed by atoms with Crippen LogP contribution in [0.1, 0.15) is 59.1 Å². The minimum absolute atomic E-state index is 0.221. The molecule has 0 bridgehead atoms. The molecule has 0 heterocycles. The number of rotatable bonds is 6. The van der Waals surface area contributed by atoms with Crippen LogP contribution in [0.5, 0.6) is 0 Å². The second-order valence-corrected chi connectivity index (χ2v) is 4.46. The molecule has 1 atom stereocenters. The van der Waals surface area contributed by atoms with Gasteiger partial charge in [0.25, 0.3) is 0 Å². The number of ether oxygens (including phenoxy) is 1. The molecule has 17 heavy (non-hydrogen) atoms. The molecule has 1 aromatic carbocycles. The van der Waals surface area contributed by atoms with Crippen LogP contribution in [0.3, 0.4) is 0 Å². The molecule has 0 radical (unpaired) electrons. The van der Waals surface area contributed by atoms with Gasteiger partial charge in [0.15, 0.2) is 0 Å². The lowest BCUT2D eigenvalue weighted by Crippen LogP contribution is -2.02. The number of hydrogen-bond donors (Lipinski definition) is 0. The van der Waals surface area contributed by atoms with Crippen molar-refractivity contribution < 1.29 is 4.74 Å². The van der Waals surface area contributed by atoms with Crippen molar-refractivity contribution in [3.05, 3.63) is 35.9 Å². The highest BCUT2D eigenvalue weighted by molar-refractivity contribution is 5.16. The second kappa shape index (κ2) is 10.3. The fourth-order valence-corrected chi connectivity index (χ4v) is 1.57. The van der Waals surface area contributed by atoms with Crippen LogP contribution in [0.25, 0.3) is 0 Å². The van der Waals surface area contributed by atoms with Gasteiger partial charge in [-0.3, -0.25) is 0 Å². The summed E-state index contributed by atoms with van der Waals surface area (Å²) in [5, 5.41) is 0. The van der Waals surface area contributed by atoms with E-state index in [-0.39, 0.29) is 6.10 Å². The van der Waals surface area contributed by atoms with E-state index in [1.54, 1.807) is 0 Å². The van der Waals surface area contributed by atoms with Crippen molar-refractivity contribution in [2.45, 2.75) is 53.6 Å². The SMILES string of the molecule is CC.CC(C)CCCOC(C)c1ccccc1. The van der Waals surface area contributed by atoms with E-state index in [1.807, 2.05) is 19.9 Å². The van der Waals surface area contributed by atoms with Crippen LogP contribution in [0.15, 0.2) is 30.3 Å². The monoisotopic (exact) mass is 236 g/mol. The van der Waals surface area contributed by atoms with E-state index in [0.29, 0.717) is 0 Å². The lowest BCUT2D eigenvalue weighted by atomic mass is 10.1. The van der Waals surface area contributed by atoms with Crippen molar-refractivity contribution in [3.63, 3.8) is 0 Å². The Kier molecular flexibility index (Phi) is 9.84. The van der Waals surface area contributed by atoms with Gasteiger partial charge in [0, 0.05) is 6.61 Å². The van der Waals surface area contributed by atoms with Crippen molar-refractivity contribution in [2.24, 2.45) is 5.92 Å². The third-order valence-electron chi connectivity index (χ3n) is 2.56. The normalized spacial score (nSPS) is 11.9. The van der Waals surface area contributed by atoms with Crippen LogP contribution in [-0.4, -0.2) is 6.61 Å². The molecule has 0 fully saturated rings. The molecule has 1 unspecified atom stereocenters. The summed E-state index contributed by atoms with van der Waals surface area (Å²) in [7, 11) is 0. The molecular formula is C16H28O. The fraction of sp³-hybridized carbons (Fsp3) is 0.625. The number of benzene rings is 1. The van der Waals surface area contributed by atoms with Gasteiger partial charge in [-0.15, -0.1) is 0 Å². The van der Waals surface area contributed by atoms with Crippen LogP contribution in [0.4, 0.5) is 0 Å². The molecule has 0 aliphatic rings. The topological polar surface area (TPSA) is 9.23 Å². The van der Waals surface area contributed by atoms with E-state index < -0.39 is 0 Å². The Morgan fingerprint density at radius 3 is 2.12 bits per heavy atom. The standard InChI is InChI=1S/C14H22O.C2H6/c1-12(2)8-7-11-15-13(3)14-9-5-4-6-10-14;1-2/h4-6,9-10,12-13H,7-8,11H2,1-3H3;1-2H3. The van der Waals surface area contributed by atoms with Gasteiger partial charge < -0.3 is 4.74 Å². The summed E-state index contributed by atoms with van der Waals surface area (Å²) in [6, 6.07) is 10.4. The lowest BCUT2D eigenvalue weighted by Gasteiger charge is -2.13. The van der Waals surface area contributed by atoms with Gasteiger partial charge in [-0.2, -0.15) is 0 Å². The maximum atomic E-state index is 5.78. The van der Waals surface area contributed by atoms with Crippen molar-refractivity contribution in [2.75, 3.05) is 6.61 Å². The maximum Gasteiger partial charge on any atom is 0.0796 e. The van der Waals surface area contributed by atoms with Crippen LogP contribution in [-0.2, 0) is 4.74 Å². The smallest absolute Gasteiger partial charge is 0.0796 e. The van der Waals surface area contributed by atoms with Crippen molar-refractivity contribution in [1.82, 2.24) is 0 Å². The van der Waals surface area contributed by atoms with Crippen LogP contribution in [0, 0.1) is 5.92 Å². The molecule has 98 valence electrons. The van der Waals surface area contributed by atoms with Crippen molar-refractivity contribution in [1.29, 1.82) is 0 Å². The van der Waals surface area contributed by atoms with E-state index in [9.17, 15) is 0 Å². The summed E-state index contributed by atoms with van der Waals surface area (Å²) < 4.78 is 5.78. The maximum absolute atomic E-state index is 5.78. The summed E-state index contributed by atoms with van der Waals surface area (Å²) in [6.45, 7) is 11.5. The van der Waals surface area contributed by atoms with Gasteiger partial charge >= 0.3 is 0 Å². The van der Waals surface area contributed by atoms with Crippen molar-refractivity contribution >= 4 is 0 Å². The highest BCUT2D eigenvalue weighted by Gasteiger charge is 2.04. The van der Waals surface area contributed by atoms with Gasteiger partial charge in [-0.1, -0.05) is 58.0 Å². The third-order valence-corrected chi connectivity index (χ3v) is 2.56. The third kappa shape index (κ3) is 7.98. The predicted molar refractivity (Wildman–Crippen MR) is 76.2 cm³/mol. The molecular weight excluding hydrogens is 208 g/mol. The Bertz CT molecular complexity index is 253. The molecule has 0 amide bonds. The first-order valence-corrected chi connectivity index (χ1v) is 6.86. The van der Waals surface area contributed by atoms with Crippen LogP contribution in [0.2, 0.25) is 0 Å². The summed E-state index contributed by atoms with van der Waals surface area (Å²) in [5.41, 5.74) is 1.27. The summed E-state index contributed by atoms with van der Waals surface area (Å²) in [6.07, 6.45) is 2.63. The first-order chi connectivity index (χ1) is 8.20. The zero-order valence-electron chi connectivity index (χ0n) is 12.1. The summed E-state index contributed by atoms with van der Waals surface area (Å²) >= 11 is 0. The average Bonchev–Trinajstić information content (AvgIpc) is 2.37. The minimum atomic E-state index is 0.221. The van der Waals surface area contributed by atoms with E-state index in [2.05, 4.69) is 45.0 Å². The van der Waals surface area contributed by atoms with Gasteiger partial charge in [-0.25, -0.2) is 0 Å². The molecule has 1 heteroatoms. The lowest BCUT2D eigenvalue weighted by molar-refractivity contribution is 0.0615. The molecule has 1 nitrogen and oxygen atoms in total. The Morgan fingerprint density at radius 1 is 1.00 bits per heavy atom. The summed E-state index contributed by atoms with van der Waals surface area (Å²) in [5.74, 6) is 0.778. The van der Waals surface area contributed by atoms with Gasteiger partial charge in [0.05, 0.1) is 6.10 Å². The molecule has 0 aliphatic carbocycles. The zero-order valence-corrected chi connectivity index (χ0v) is 12.1. The molecule has 0 saturated heterocycles. The fourth-order valence-electron chi connectivity index (χ4n) is 1.57. The molecule has 1 rings (SSSR count). The van der Waals surface area contributed by atoms with E-state index in [1.165, 1.54) is 12.0 Å². The predicted octanol–water partition coefficient (Wildman–Crippen LogP) is 5.23. The summed E-state index contributed by atoms with van der Waals surface area (Å²) in [4.78, 5) is 0. The Hall–Kier alpha value is -0.820. The largest absolute Gasteiger partial charge is 0.374 e. The quantitative estimate of drug-likeness (QED) is 0.615. The second-order valence-electron chi connectivity index (χ2n) is 4.46. The molecule has 0 saturated carbocycles. The van der Waals surface area contributed by atoms with Gasteiger partial charge in [0.1, 0.15) is 0 Å². The minimum Gasteiger partial charge on any atom is -0.374 e. The van der Waals surface area contributed by atoms with Crippen LogP contribution >= 0.6 is 0 Å². The zero-order chi connectivity index (χ0) is 13.1. The first-order valence-electron chi connectivity index (χ1n) is 6.86. The van der Waals surface area contributed by atoms with Crippen LogP contribution < -0.4 is 0 Å². The molecule has 0 aliphatic heterocycles. The Morgan fingerprint density at radius 2 is 1.59 bits per heavy atom. The Labute approximate surface area is 107 Å². The average molecular weight is 236 g/mol. The number of hydrogen-bond acceptors (Lipinski definition) is 1. The molecule has 1 aromatic rings. The van der Waals surface area contributed by atoms with Gasteiger partial charge in [-0.05, 0) is 31.2 Å². The first kappa shape index (κ1) is 16.2. The van der Waals surface area contributed by atoms with Gasteiger partial charge in [0.2, 0.25) is 0 Å². The highest BCUT2D eigenvalue weighted by atomic mass is 16.5. The van der Waals surface area contributed by atoms with E-state index in [4.69, 9.17) is 4.74 Å². The molecule has 0 aromatic heterocycles. The molecule has 0 spiro atoms. The van der Waals surface area contributed by atoms with E-state index in [0.717, 1.165) is 18.9 Å². The molecule has 0 N–H and O–H groups in total. The van der Waals surface area contributed by atoms with E-state index >= 15 is 0 Å². The Balaban J connectivity index is 0.00000121. The van der Waals surface area contributed by atoms with Crippen molar-refractivity contribution in [3.8, 4) is 0 Å².